The van der Waals surface area contributed by atoms with E-state index in [1.165, 1.54) is 17.7 Å². The van der Waals surface area contributed by atoms with E-state index in [0.717, 1.165) is 18.6 Å². The molecular weight excluding hydrogens is 285 g/mol. The molecule has 2 N–H and O–H groups in total. The Bertz CT molecular complexity index is 625. The van der Waals surface area contributed by atoms with Gasteiger partial charge in [0.15, 0.2) is 0 Å². The van der Waals surface area contributed by atoms with Crippen molar-refractivity contribution in [2.75, 3.05) is 0 Å². The highest BCUT2D eigenvalue weighted by atomic mass is 32.1. The van der Waals surface area contributed by atoms with Crippen molar-refractivity contribution in [2.24, 2.45) is 5.73 Å². The molecule has 0 bridgehead atoms. The van der Waals surface area contributed by atoms with Gasteiger partial charge in [-0.2, -0.15) is 0 Å². The Balaban J connectivity index is 2.04. The highest BCUT2D eigenvalue weighted by Gasteiger charge is 2.04. The molecule has 0 heterocycles. The van der Waals surface area contributed by atoms with Crippen molar-refractivity contribution in [3.05, 3.63) is 65.0 Å². The minimum atomic E-state index is -0.364. The van der Waals surface area contributed by atoms with Crippen LogP contribution in [0.4, 0.5) is 4.39 Å². The lowest BCUT2D eigenvalue weighted by Crippen LogP contribution is -2.10. The highest BCUT2D eigenvalue weighted by Crippen LogP contribution is 2.16. The third kappa shape index (κ3) is 4.53. The van der Waals surface area contributed by atoms with Gasteiger partial charge in [-0.05, 0) is 47.9 Å². The fourth-order valence-electron chi connectivity index (χ4n) is 2.08. The summed E-state index contributed by atoms with van der Waals surface area (Å²) in [6.07, 6.45) is 2.17. The topological polar surface area (TPSA) is 35.2 Å². The van der Waals surface area contributed by atoms with Gasteiger partial charge in [0.25, 0.3) is 0 Å². The molecule has 0 atom stereocenters. The van der Waals surface area contributed by atoms with Crippen LogP contribution in [-0.2, 0) is 13.0 Å². The molecule has 0 radical (unpaired) electrons. The van der Waals surface area contributed by atoms with E-state index in [1.807, 2.05) is 24.3 Å². The molecule has 2 aromatic carbocycles. The Labute approximate surface area is 129 Å². The molecule has 110 valence electrons. The fraction of sp³-hybridized carbons (Fsp3) is 0.235. The van der Waals surface area contributed by atoms with Crippen LogP contribution in [0.1, 0.15) is 30.0 Å². The van der Waals surface area contributed by atoms with Gasteiger partial charge in [-0.1, -0.05) is 37.7 Å². The van der Waals surface area contributed by atoms with Gasteiger partial charge in [-0.3, -0.25) is 0 Å². The van der Waals surface area contributed by atoms with Gasteiger partial charge in [-0.15, -0.1) is 0 Å². The monoisotopic (exact) mass is 303 g/mol. The van der Waals surface area contributed by atoms with Crippen molar-refractivity contribution in [2.45, 2.75) is 26.4 Å². The third-order valence-corrected chi connectivity index (χ3v) is 3.35. The molecule has 0 fully saturated rings. The van der Waals surface area contributed by atoms with Crippen LogP contribution in [0, 0.1) is 5.82 Å². The lowest BCUT2D eigenvalue weighted by Gasteiger charge is -2.09. The van der Waals surface area contributed by atoms with Gasteiger partial charge in [0, 0.05) is 5.56 Å². The lowest BCUT2D eigenvalue weighted by atomic mass is 10.1. The quantitative estimate of drug-likeness (QED) is 0.820. The molecule has 0 unspecified atom stereocenters. The second-order valence-corrected chi connectivity index (χ2v) is 5.33. The molecule has 2 aromatic rings. The maximum atomic E-state index is 13.5. The summed E-state index contributed by atoms with van der Waals surface area (Å²) in [6, 6.07) is 12.4. The van der Waals surface area contributed by atoms with Gasteiger partial charge < -0.3 is 10.5 Å². The number of hydrogen-bond donors (Lipinski definition) is 1. The highest BCUT2D eigenvalue weighted by molar-refractivity contribution is 7.80. The van der Waals surface area contributed by atoms with E-state index in [0.29, 0.717) is 11.1 Å². The number of nitrogens with two attached hydrogens (primary N) is 1. The number of thiocarbonyl (C=S) groups is 1. The van der Waals surface area contributed by atoms with Crippen LogP contribution in [0.3, 0.4) is 0 Å². The van der Waals surface area contributed by atoms with Crippen LogP contribution in [0.5, 0.6) is 5.75 Å². The predicted molar refractivity (Wildman–Crippen MR) is 87.1 cm³/mol. The molecule has 0 spiro atoms. The molecule has 4 heteroatoms. The van der Waals surface area contributed by atoms with Gasteiger partial charge in [-0.25, -0.2) is 4.39 Å². The zero-order valence-electron chi connectivity index (χ0n) is 11.9. The number of rotatable bonds is 6. The van der Waals surface area contributed by atoms with Gasteiger partial charge in [0.2, 0.25) is 0 Å². The average Bonchev–Trinajstić information content (AvgIpc) is 2.46. The Morgan fingerprint density at radius 1 is 1.14 bits per heavy atom. The summed E-state index contributed by atoms with van der Waals surface area (Å²) >= 11 is 4.87. The summed E-state index contributed by atoms with van der Waals surface area (Å²) in [5.74, 6) is 0.396. The van der Waals surface area contributed by atoms with Crippen LogP contribution in [0.25, 0.3) is 0 Å². The zero-order valence-corrected chi connectivity index (χ0v) is 12.8. The summed E-state index contributed by atoms with van der Waals surface area (Å²) < 4.78 is 19.1. The molecule has 21 heavy (non-hydrogen) atoms. The third-order valence-electron chi connectivity index (χ3n) is 3.11. The lowest BCUT2D eigenvalue weighted by molar-refractivity contribution is 0.305. The molecule has 0 aliphatic rings. The molecule has 0 aliphatic carbocycles. The van der Waals surface area contributed by atoms with Gasteiger partial charge in [0.05, 0.1) is 0 Å². The maximum absolute atomic E-state index is 13.5. The molecule has 0 amide bonds. The number of benzene rings is 2. The van der Waals surface area contributed by atoms with Crippen molar-refractivity contribution in [3.8, 4) is 5.75 Å². The summed E-state index contributed by atoms with van der Waals surface area (Å²) in [5, 5.41) is 0. The van der Waals surface area contributed by atoms with Gasteiger partial charge in [0.1, 0.15) is 23.2 Å². The van der Waals surface area contributed by atoms with E-state index in [4.69, 9.17) is 22.7 Å². The molecule has 0 saturated heterocycles. The van der Waals surface area contributed by atoms with Crippen molar-refractivity contribution >= 4 is 17.2 Å². The van der Waals surface area contributed by atoms with E-state index in [1.54, 1.807) is 6.07 Å². The van der Waals surface area contributed by atoms with Crippen molar-refractivity contribution in [1.82, 2.24) is 0 Å². The number of aryl methyl sites for hydroxylation is 1. The number of ether oxygens (including phenoxy) is 1. The van der Waals surface area contributed by atoms with E-state index < -0.39 is 0 Å². The van der Waals surface area contributed by atoms with Crippen molar-refractivity contribution < 1.29 is 9.13 Å². The van der Waals surface area contributed by atoms with Gasteiger partial charge >= 0.3 is 0 Å². The average molecular weight is 303 g/mol. The standard InChI is InChI=1S/C17H18FNOS/c1-2-3-12-4-6-16(7-5-12)20-11-13-8-14(17(19)21)10-15(18)9-13/h4-10H,2-3,11H2,1H3,(H2,19,21). The van der Waals surface area contributed by atoms with E-state index in [2.05, 4.69) is 6.92 Å². The van der Waals surface area contributed by atoms with E-state index in [-0.39, 0.29) is 17.4 Å². The summed E-state index contributed by atoms with van der Waals surface area (Å²) in [4.78, 5) is 0.180. The fourth-order valence-corrected chi connectivity index (χ4v) is 2.20. The molecular formula is C17H18FNOS. The Morgan fingerprint density at radius 3 is 2.48 bits per heavy atom. The van der Waals surface area contributed by atoms with Crippen molar-refractivity contribution in [3.63, 3.8) is 0 Å². The zero-order chi connectivity index (χ0) is 15.2. The normalized spacial score (nSPS) is 10.4. The van der Waals surface area contributed by atoms with E-state index >= 15 is 0 Å². The minimum absolute atomic E-state index is 0.180. The summed E-state index contributed by atoms with van der Waals surface area (Å²) in [7, 11) is 0. The first kappa shape index (κ1) is 15.4. The summed E-state index contributed by atoms with van der Waals surface area (Å²) in [5.41, 5.74) is 8.03. The minimum Gasteiger partial charge on any atom is -0.489 e. The largest absolute Gasteiger partial charge is 0.489 e. The Hall–Kier alpha value is -1.94. The number of hydrogen-bond acceptors (Lipinski definition) is 2. The SMILES string of the molecule is CCCc1ccc(OCc2cc(F)cc(C(N)=S)c2)cc1. The molecule has 0 saturated carbocycles. The summed E-state index contributed by atoms with van der Waals surface area (Å²) in [6.45, 7) is 2.42. The molecule has 2 nitrogen and oxygen atoms in total. The number of halogens is 1. The van der Waals surface area contributed by atoms with Crippen LogP contribution in [0.2, 0.25) is 0 Å². The van der Waals surface area contributed by atoms with Crippen LogP contribution >= 0.6 is 12.2 Å². The Kier molecular flexibility index (Phi) is 5.28. The maximum Gasteiger partial charge on any atom is 0.124 e. The Morgan fingerprint density at radius 2 is 1.86 bits per heavy atom. The predicted octanol–water partition coefficient (Wildman–Crippen LogP) is 3.99. The first-order valence-electron chi connectivity index (χ1n) is 6.89. The van der Waals surface area contributed by atoms with Crippen LogP contribution in [0.15, 0.2) is 42.5 Å². The smallest absolute Gasteiger partial charge is 0.124 e. The van der Waals surface area contributed by atoms with Crippen LogP contribution < -0.4 is 10.5 Å². The molecule has 0 aliphatic heterocycles. The van der Waals surface area contributed by atoms with Crippen molar-refractivity contribution in [1.29, 1.82) is 0 Å². The first-order chi connectivity index (χ1) is 10.1. The second-order valence-electron chi connectivity index (χ2n) is 4.90. The second kappa shape index (κ2) is 7.18. The molecule has 2 rings (SSSR count). The first-order valence-corrected chi connectivity index (χ1v) is 7.30. The van der Waals surface area contributed by atoms with Crippen LogP contribution in [-0.4, -0.2) is 4.99 Å². The van der Waals surface area contributed by atoms with E-state index in [9.17, 15) is 4.39 Å². The molecule has 0 aromatic heterocycles.